The van der Waals surface area contributed by atoms with E-state index >= 15 is 0 Å². The largest absolute Gasteiger partial charge is 0.450 e. The Bertz CT molecular complexity index is 1280. The summed E-state index contributed by atoms with van der Waals surface area (Å²) in [5.74, 6) is -1.65. The molecule has 2 aliphatic rings. The van der Waals surface area contributed by atoms with Gasteiger partial charge in [-0.2, -0.15) is 0 Å². The highest BCUT2D eigenvalue weighted by atomic mass is 19.1. The Kier molecular flexibility index (Phi) is 3.50. The molecule has 2 aliphatic heterocycles. The summed E-state index contributed by atoms with van der Waals surface area (Å²) in [5.41, 5.74) is -0.874. The lowest BCUT2D eigenvalue weighted by atomic mass is 9.84. The number of nitrogens with zero attached hydrogens (tertiary/aromatic N) is 2. The molecule has 0 bridgehead atoms. The standard InChI is InChI=1S/C22H17FN2O4/c1-3-24-15-8-6-5-7-14(15)22(21(24)28)17-18(26)13-11-12(23)9-10-16(13)29-19(17)20(27)25(22)4-2/h5-11H,3-4H2,1-2H3. The van der Waals surface area contributed by atoms with E-state index in [0.29, 0.717) is 17.8 Å². The van der Waals surface area contributed by atoms with Crippen LogP contribution < -0.4 is 10.3 Å². The lowest BCUT2D eigenvalue weighted by molar-refractivity contribution is -0.125. The van der Waals surface area contributed by atoms with Gasteiger partial charge < -0.3 is 14.2 Å². The Morgan fingerprint density at radius 2 is 1.79 bits per heavy atom. The molecule has 0 saturated carbocycles. The summed E-state index contributed by atoms with van der Waals surface area (Å²) in [6.07, 6.45) is 0. The molecule has 146 valence electrons. The highest BCUT2D eigenvalue weighted by Gasteiger charge is 2.64. The van der Waals surface area contributed by atoms with Crippen molar-refractivity contribution < 1.29 is 18.4 Å². The SMILES string of the molecule is CCN1C(=O)C2(c3ccccc31)c1c(oc3ccc(F)cc3c1=O)C(=O)N2CC. The van der Waals surface area contributed by atoms with Gasteiger partial charge in [0.25, 0.3) is 11.8 Å². The first kappa shape index (κ1) is 17.6. The normalized spacial score (nSPS) is 20.1. The van der Waals surface area contributed by atoms with E-state index in [1.54, 1.807) is 36.1 Å². The van der Waals surface area contributed by atoms with E-state index < -0.39 is 22.7 Å². The molecule has 1 aromatic heterocycles. The monoisotopic (exact) mass is 392 g/mol. The third kappa shape index (κ3) is 1.92. The van der Waals surface area contributed by atoms with Gasteiger partial charge in [-0.3, -0.25) is 14.4 Å². The molecule has 7 heteroatoms. The second-order valence-electron chi connectivity index (χ2n) is 7.10. The van der Waals surface area contributed by atoms with Crippen LogP contribution in [-0.4, -0.2) is 29.8 Å². The van der Waals surface area contributed by atoms with E-state index in [1.807, 2.05) is 6.92 Å². The van der Waals surface area contributed by atoms with Crippen molar-refractivity contribution in [2.24, 2.45) is 0 Å². The number of likely N-dealkylation sites (N-methyl/N-ethyl adjacent to an activating group) is 2. The quantitative estimate of drug-likeness (QED) is 0.672. The number of carbonyl (C=O) groups excluding carboxylic acids is 2. The van der Waals surface area contributed by atoms with Gasteiger partial charge in [0.05, 0.1) is 16.6 Å². The smallest absolute Gasteiger partial charge is 0.291 e. The van der Waals surface area contributed by atoms with E-state index in [1.165, 1.54) is 17.0 Å². The number of anilines is 1. The summed E-state index contributed by atoms with van der Waals surface area (Å²) in [7, 11) is 0. The van der Waals surface area contributed by atoms with Crippen molar-refractivity contribution in [1.82, 2.24) is 4.90 Å². The molecule has 3 heterocycles. The van der Waals surface area contributed by atoms with Gasteiger partial charge in [-0.05, 0) is 38.1 Å². The maximum atomic E-state index is 13.9. The summed E-state index contributed by atoms with van der Waals surface area (Å²) in [4.78, 5) is 43.4. The molecule has 1 atom stereocenters. The molecule has 2 amide bonds. The summed E-state index contributed by atoms with van der Waals surface area (Å²) >= 11 is 0. The second kappa shape index (κ2) is 5.76. The van der Waals surface area contributed by atoms with Gasteiger partial charge in [0.1, 0.15) is 11.4 Å². The van der Waals surface area contributed by atoms with Crippen molar-refractivity contribution in [3.8, 4) is 0 Å². The van der Waals surface area contributed by atoms with Crippen LogP contribution in [0.2, 0.25) is 0 Å². The molecule has 0 saturated heterocycles. The summed E-state index contributed by atoms with van der Waals surface area (Å²) in [6.45, 7) is 4.16. The van der Waals surface area contributed by atoms with Crippen LogP contribution in [0.1, 0.15) is 35.5 Å². The molecule has 0 fully saturated rings. The van der Waals surface area contributed by atoms with E-state index in [-0.39, 0.29) is 34.7 Å². The number of carbonyl (C=O) groups is 2. The third-order valence-electron chi connectivity index (χ3n) is 5.83. The van der Waals surface area contributed by atoms with Crippen molar-refractivity contribution in [3.63, 3.8) is 0 Å². The lowest BCUT2D eigenvalue weighted by Gasteiger charge is -2.33. The first-order valence-electron chi connectivity index (χ1n) is 9.47. The number of rotatable bonds is 2. The predicted molar refractivity (Wildman–Crippen MR) is 104 cm³/mol. The Morgan fingerprint density at radius 1 is 1.03 bits per heavy atom. The molecular formula is C22H17FN2O4. The fourth-order valence-corrected chi connectivity index (χ4v) is 4.69. The number of para-hydroxylation sites is 1. The molecule has 29 heavy (non-hydrogen) atoms. The van der Waals surface area contributed by atoms with Gasteiger partial charge >= 0.3 is 0 Å². The maximum Gasteiger partial charge on any atom is 0.291 e. The zero-order valence-electron chi connectivity index (χ0n) is 15.9. The van der Waals surface area contributed by atoms with Crippen LogP contribution >= 0.6 is 0 Å². The number of hydrogen-bond acceptors (Lipinski definition) is 4. The second-order valence-corrected chi connectivity index (χ2v) is 7.10. The molecule has 3 aromatic rings. The Morgan fingerprint density at radius 3 is 2.52 bits per heavy atom. The Hall–Kier alpha value is -3.48. The van der Waals surface area contributed by atoms with Crippen LogP contribution in [0.3, 0.4) is 0 Å². The number of benzene rings is 2. The topological polar surface area (TPSA) is 70.8 Å². The van der Waals surface area contributed by atoms with Crippen LogP contribution in [0.25, 0.3) is 11.0 Å². The molecule has 0 N–H and O–H groups in total. The zero-order valence-corrected chi connectivity index (χ0v) is 15.9. The van der Waals surface area contributed by atoms with Crippen LogP contribution in [0, 0.1) is 5.82 Å². The van der Waals surface area contributed by atoms with Crippen molar-refractivity contribution in [2.45, 2.75) is 19.4 Å². The van der Waals surface area contributed by atoms with Gasteiger partial charge in [0.2, 0.25) is 5.76 Å². The van der Waals surface area contributed by atoms with Crippen LogP contribution in [-0.2, 0) is 10.3 Å². The summed E-state index contributed by atoms with van der Waals surface area (Å²) in [5, 5.41) is 0.00843. The van der Waals surface area contributed by atoms with Crippen LogP contribution in [0.15, 0.2) is 51.7 Å². The molecule has 1 unspecified atom stereocenters. The highest BCUT2D eigenvalue weighted by molar-refractivity contribution is 6.17. The number of halogens is 1. The van der Waals surface area contributed by atoms with Crippen LogP contribution in [0.5, 0.6) is 0 Å². The van der Waals surface area contributed by atoms with Gasteiger partial charge in [-0.25, -0.2) is 4.39 Å². The van der Waals surface area contributed by atoms with Gasteiger partial charge in [0.15, 0.2) is 11.0 Å². The lowest BCUT2D eigenvalue weighted by Crippen LogP contribution is -2.53. The average molecular weight is 392 g/mol. The Balaban J connectivity index is 1.97. The maximum absolute atomic E-state index is 13.9. The van der Waals surface area contributed by atoms with Crippen molar-refractivity contribution in [2.75, 3.05) is 18.0 Å². The minimum absolute atomic E-state index is 0.00843. The molecule has 0 radical (unpaired) electrons. The van der Waals surface area contributed by atoms with Crippen molar-refractivity contribution in [3.05, 3.63) is 75.4 Å². The molecule has 2 aromatic carbocycles. The number of fused-ring (bicyclic) bond motifs is 5. The van der Waals surface area contributed by atoms with E-state index in [2.05, 4.69) is 0 Å². The van der Waals surface area contributed by atoms with Crippen molar-refractivity contribution in [1.29, 1.82) is 0 Å². The summed E-state index contributed by atoms with van der Waals surface area (Å²) in [6, 6.07) is 10.7. The molecule has 6 nitrogen and oxygen atoms in total. The fourth-order valence-electron chi connectivity index (χ4n) is 4.69. The number of hydrogen-bond donors (Lipinski definition) is 0. The molecule has 0 aliphatic carbocycles. The zero-order chi connectivity index (χ0) is 20.5. The Labute approximate surface area is 165 Å². The average Bonchev–Trinajstić information content (AvgIpc) is 3.12. The first-order valence-corrected chi connectivity index (χ1v) is 9.47. The highest BCUT2D eigenvalue weighted by Crippen LogP contribution is 2.52. The van der Waals surface area contributed by atoms with Gasteiger partial charge in [0, 0.05) is 18.7 Å². The minimum Gasteiger partial charge on any atom is -0.450 e. The fraction of sp³-hybridized carbons (Fsp3) is 0.227. The van der Waals surface area contributed by atoms with E-state index in [4.69, 9.17) is 4.42 Å². The van der Waals surface area contributed by atoms with Gasteiger partial charge in [-0.1, -0.05) is 18.2 Å². The molecule has 1 spiro atoms. The van der Waals surface area contributed by atoms with Crippen LogP contribution in [0.4, 0.5) is 10.1 Å². The predicted octanol–water partition coefficient (Wildman–Crippen LogP) is 3.02. The van der Waals surface area contributed by atoms with E-state index in [9.17, 15) is 18.8 Å². The first-order chi connectivity index (χ1) is 14.0. The third-order valence-corrected chi connectivity index (χ3v) is 5.83. The van der Waals surface area contributed by atoms with Crippen molar-refractivity contribution >= 4 is 28.5 Å². The number of amides is 2. The molecule has 5 rings (SSSR count). The van der Waals surface area contributed by atoms with Gasteiger partial charge in [-0.15, -0.1) is 0 Å². The minimum atomic E-state index is -1.60. The summed E-state index contributed by atoms with van der Waals surface area (Å²) < 4.78 is 19.6. The molecular weight excluding hydrogens is 375 g/mol. The van der Waals surface area contributed by atoms with E-state index in [0.717, 1.165) is 6.07 Å².